The van der Waals surface area contributed by atoms with Crippen molar-refractivity contribution in [2.75, 3.05) is 13.7 Å². The van der Waals surface area contributed by atoms with E-state index in [0.29, 0.717) is 11.3 Å². The summed E-state index contributed by atoms with van der Waals surface area (Å²) in [5.74, 6) is 0.0205. The molecule has 0 aliphatic heterocycles. The van der Waals surface area contributed by atoms with Crippen molar-refractivity contribution in [2.24, 2.45) is 0 Å². The average Bonchev–Trinajstić information content (AvgIpc) is 2.42. The maximum atomic E-state index is 11.7. The third kappa shape index (κ3) is 4.55. The Hall–Kier alpha value is -1.88. The molecule has 0 saturated heterocycles. The van der Waals surface area contributed by atoms with E-state index in [-0.39, 0.29) is 25.2 Å². The minimum Gasteiger partial charge on any atom is -0.497 e. The number of ether oxygens (including phenoxy) is 1. The standard InChI is InChI=1S/C13H16O5/c1-3-17-18-13(15)9-8-12(14)10-4-6-11(16-2)7-5-10/h4-7H,3,8-9H2,1-2H3. The molecule has 5 heteroatoms. The van der Waals surface area contributed by atoms with Gasteiger partial charge in [-0.05, 0) is 31.2 Å². The fourth-order valence-electron chi connectivity index (χ4n) is 1.30. The first-order chi connectivity index (χ1) is 8.67. The Balaban J connectivity index is 2.42. The molecule has 5 nitrogen and oxygen atoms in total. The highest BCUT2D eigenvalue weighted by Gasteiger charge is 2.10. The molecule has 0 amide bonds. The van der Waals surface area contributed by atoms with E-state index in [9.17, 15) is 9.59 Å². The van der Waals surface area contributed by atoms with Crippen LogP contribution in [0, 0.1) is 0 Å². The van der Waals surface area contributed by atoms with E-state index >= 15 is 0 Å². The molecular formula is C13H16O5. The van der Waals surface area contributed by atoms with Gasteiger partial charge in [0.25, 0.3) is 0 Å². The fraction of sp³-hybridized carbons (Fsp3) is 0.385. The van der Waals surface area contributed by atoms with Crippen molar-refractivity contribution in [1.29, 1.82) is 0 Å². The summed E-state index contributed by atoms with van der Waals surface area (Å²) in [6.45, 7) is 1.99. The molecule has 1 rings (SSSR count). The topological polar surface area (TPSA) is 61.8 Å². The number of rotatable bonds is 7. The minimum absolute atomic E-state index is 0.00482. The van der Waals surface area contributed by atoms with Crippen LogP contribution < -0.4 is 4.74 Å². The van der Waals surface area contributed by atoms with Crippen LogP contribution in [0.1, 0.15) is 30.1 Å². The van der Waals surface area contributed by atoms with Crippen LogP contribution in [0.5, 0.6) is 5.75 Å². The number of Topliss-reactive ketones (excluding diaryl/α,β-unsaturated/α-hetero) is 1. The van der Waals surface area contributed by atoms with Gasteiger partial charge in [-0.25, -0.2) is 4.79 Å². The summed E-state index contributed by atoms with van der Waals surface area (Å²) >= 11 is 0. The Bertz CT molecular complexity index is 396. The quantitative estimate of drug-likeness (QED) is 0.422. The smallest absolute Gasteiger partial charge is 0.342 e. The first-order valence-electron chi connectivity index (χ1n) is 5.67. The van der Waals surface area contributed by atoms with Crippen molar-refractivity contribution in [1.82, 2.24) is 0 Å². The molecule has 0 radical (unpaired) electrons. The lowest BCUT2D eigenvalue weighted by Gasteiger charge is -2.03. The number of carbonyl (C=O) groups is 2. The molecule has 1 aromatic carbocycles. The maximum absolute atomic E-state index is 11.7. The van der Waals surface area contributed by atoms with Crippen molar-refractivity contribution in [3.63, 3.8) is 0 Å². The van der Waals surface area contributed by atoms with E-state index in [1.54, 1.807) is 38.3 Å². The van der Waals surface area contributed by atoms with Crippen molar-refractivity contribution in [3.05, 3.63) is 29.8 Å². The summed E-state index contributed by atoms with van der Waals surface area (Å²) in [5.41, 5.74) is 0.542. The summed E-state index contributed by atoms with van der Waals surface area (Å²) in [7, 11) is 1.56. The molecule has 0 atom stereocenters. The zero-order chi connectivity index (χ0) is 13.4. The highest BCUT2D eigenvalue weighted by Crippen LogP contribution is 2.13. The summed E-state index contributed by atoms with van der Waals surface area (Å²) < 4.78 is 4.99. The second-order valence-electron chi connectivity index (χ2n) is 3.51. The van der Waals surface area contributed by atoms with Gasteiger partial charge in [-0.15, -0.1) is 0 Å². The van der Waals surface area contributed by atoms with E-state index in [4.69, 9.17) is 4.74 Å². The molecule has 0 saturated carbocycles. The van der Waals surface area contributed by atoms with Crippen molar-refractivity contribution >= 4 is 11.8 Å². The zero-order valence-electron chi connectivity index (χ0n) is 10.5. The van der Waals surface area contributed by atoms with Crippen molar-refractivity contribution < 1.29 is 24.1 Å². The monoisotopic (exact) mass is 252 g/mol. The van der Waals surface area contributed by atoms with E-state index in [1.807, 2.05) is 0 Å². The van der Waals surface area contributed by atoms with Crippen LogP contribution in [0.3, 0.4) is 0 Å². The summed E-state index contributed by atoms with van der Waals surface area (Å²) in [6, 6.07) is 6.72. The highest BCUT2D eigenvalue weighted by atomic mass is 17.2. The molecule has 0 unspecified atom stereocenters. The second-order valence-corrected chi connectivity index (χ2v) is 3.51. The lowest BCUT2D eigenvalue weighted by atomic mass is 10.1. The minimum atomic E-state index is -0.543. The fourth-order valence-corrected chi connectivity index (χ4v) is 1.30. The van der Waals surface area contributed by atoms with Gasteiger partial charge in [0, 0.05) is 12.0 Å². The predicted molar refractivity (Wildman–Crippen MR) is 64.3 cm³/mol. The summed E-state index contributed by atoms with van der Waals surface area (Å²) in [6.07, 6.45) is 0.100. The van der Waals surface area contributed by atoms with Crippen molar-refractivity contribution in [2.45, 2.75) is 19.8 Å². The average molecular weight is 252 g/mol. The van der Waals surface area contributed by atoms with Gasteiger partial charge >= 0.3 is 5.97 Å². The predicted octanol–water partition coefficient (Wildman–Crippen LogP) is 2.15. The first kappa shape index (κ1) is 14.2. The molecule has 0 aromatic heterocycles. The van der Waals surface area contributed by atoms with Crippen LogP contribution in [-0.2, 0) is 14.6 Å². The molecule has 0 N–H and O–H groups in total. The molecule has 0 aliphatic rings. The third-order valence-electron chi connectivity index (χ3n) is 2.24. The largest absolute Gasteiger partial charge is 0.497 e. The number of hydrogen-bond acceptors (Lipinski definition) is 5. The van der Waals surface area contributed by atoms with Gasteiger partial charge in [-0.2, -0.15) is 4.89 Å². The molecule has 0 aliphatic carbocycles. The molecule has 0 spiro atoms. The molecular weight excluding hydrogens is 236 g/mol. The zero-order valence-corrected chi connectivity index (χ0v) is 10.5. The Labute approximate surface area is 106 Å². The van der Waals surface area contributed by atoms with Crippen LogP contribution in [0.15, 0.2) is 24.3 Å². The lowest BCUT2D eigenvalue weighted by Crippen LogP contribution is -2.08. The van der Waals surface area contributed by atoms with E-state index < -0.39 is 5.97 Å². The third-order valence-corrected chi connectivity index (χ3v) is 2.24. The van der Waals surface area contributed by atoms with Crippen LogP contribution in [0.2, 0.25) is 0 Å². The molecule has 18 heavy (non-hydrogen) atoms. The Kier molecular flexibility index (Phi) is 5.87. The van der Waals surface area contributed by atoms with Crippen LogP contribution in [0.25, 0.3) is 0 Å². The van der Waals surface area contributed by atoms with Gasteiger partial charge in [0.15, 0.2) is 5.78 Å². The molecule has 0 heterocycles. The molecule has 98 valence electrons. The van der Waals surface area contributed by atoms with E-state index in [1.165, 1.54) is 0 Å². The molecule has 1 aromatic rings. The molecule has 0 fully saturated rings. The van der Waals surface area contributed by atoms with Gasteiger partial charge in [0.05, 0.1) is 20.1 Å². The lowest BCUT2D eigenvalue weighted by molar-refractivity contribution is -0.269. The van der Waals surface area contributed by atoms with Crippen LogP contribution in [-0.4, -0.2) is 25.5 Å². The Morgan fingerprint density at radius 1 is 1.11 bits per heavy atom. The van der Waals surface area contributed by atoms with Crippen LogP contribution >= 0.6 is 0 Å². The Morgan fingerprint density at radius 2 is 1.78 bits per heavy atom. The number of methoxy groups -OCH3 is 1. The normalized spacial score (nSPS) is 9.89. The molecule has 0 bridgehead atoms. The number of hydrogen-bond donors (Lipinski definition) is 0. The van der Waals surface area contributed by atoms with Crippen LogP contribution in [0.4, 0.5) is 0 Å². The maximum Gasteiger partial charge on any atom is 0.342 e. The summed E-state index contributed by atoms with van der Waals surface area (Å²) in [5, 5.41) is 0. The van der Waals surface area contributed by atoms with Gasteiger partial charge in [0.2, 0.25) is 0 Å². The Morgan fingerprint density at radius 3 is 2.33 bits per heavy atom. The number of carbonyl (C=O) groups excluding carboxylic acids is 2. The van der Waals surface area contributed by atoms with Gasteiger partial charge in [-0.1, -0.05) is 0 Å². The summed E-state index contributed by atoms with van der Waals surface area (Å²) in [4.78, 5) is 31.7. The van der Waals surface area contributed by atoms with E-state index in [0.717, 1.165) is 0 Å². The first-order valence-corrected chi connectivity index (χ1v) is 5.67. The van der Waals surface area contributed by atoms with E-state index in [2.05, 4.69) is 9.78 Å². The number of ketones is 1. The van der Waals surface area contributed by atoms with Gasteiger partial charge in [0.1, 0.15) is 5.75 Å². The van der Waals surface area contributed by atoms with Gasteiger partial charge < -0.3 is 4.74 Å². The number of benzene rings is 1. The van der Waals surface area contributed by atoms with Gasteiger partial charge in [-0.3, -0.25) is 9.68 Å². The highest BCUT2D eigenvalue weighted by molar-refractivity contribution is 5.97. The van der Waals surface area contributed by atoms with Crippen molar-refractivity contribution in [3.8, 4) is 5.75 Å². The second kappa shape index (κ2) is 7.45. The SMILES string of the molecule is CCOOC(=O)CCC(=O)c1ccc(OC)cc1.